The predicted octanol–water partition coefficient (Wildman–Crippen LogP) is 2.22. The summed E-state index contributed by atoms with van der Waals surface area (Å²) in [6, 6.07) is 4.27. The SMILES string of the molecule is COc1ccc(NC(C)C)c(C)n1. The number of aryl methyl sites for hydroxylation is 1. The van der Waals surface area contributed by atoms with Crippen molar-refractivity contribution in [3.05, 3.63) is 17.8 Å². The quantitative estimate of drug-likeness (QED) is 0.774. The molecular formula is C10H16N2O. The fraction of sp³-hybridized carbons (Fsp3) is 0.500. The van der Waals surface area contributed by atoms with E-state index >= 15 is 0 Å². The molecule has 0 amide bonds. The molecule has 0 aromatic carbocycles. The molecule has 0 bridgehead atoms. The van der Waals surface area contributed by atoms with Crippen molar-refractivity contribution in [1.82, 2.24) is 4.98 Å². The van der Waals surface area contributed by atoms with Gasteiger partial charge in [0.1, 0.15) is 0 Å². The number of hydrogen-bond acceptors (Lipinski definition) is 3. The lowest BCUT2D eigenvalue weighted by molar-refractivity contribution is 0.397. The molecule has 1 heterocycles. The molecule has 1 aromatic heterocycles. The number of pyridine rings is 1. The van der Waals surface area contributed by atoms with Gasteiger partial charge in [0.05, 0.1) is 18.5 Å². The fourth-order valence-electron chi connectivity index (χ4n) is 1.12. The zero-order valence-corrected chi connectivity index (χ0v) is 8.59. The number of ether oxygens (including phenoxy) is 1. The van der Waals surface area contributed by atoms with Gasteiger partial charge in [-0.15, -0.1) is 0 Å². The van der Waals surface area contributed by atoms with Crippen LogP contribution in [0.1, 0.15) is 19.5 Å². The molecule has 1 rings (SSSR count). The zero-order valence-electron chi connectivity index (χ0n) is 8.59. The van der Waals surface area contributed by atoms with Crippen LogP contribution >= 0.6 is 0 Å². The summed E-state index contributed by atoms with van der Waals surface area (Å²) in [5.74, 6) is 0.659. The van der Waals surface area contributed by atoms with Crippen LogP contribution in [0.5, 0.6) is 5.88 Å². The first-order valence-corrected chi connectivity index (χ1v) is 4.41. The molecule has 1 N–H and O–H groups in total. The smallest absolute Gasteiger partial charge is 0.213 e. The molecule has 0 radical (unpaired) electrons. The normalized spacial score (nSPS) is 10.2. The van der Waals surface area contributed by atoms with Gasteiger partial charge in [-0.2, -0.15) is 0 Å². The van der Waals surface area contributed by atoms with Crippen LogP contribution < -0.4 is 10.1 Å². The summed E-state index contributed by atoms with van der Waals surface area (Å²) >= 11 is 0. The number of nitrogens with zero attached hydrogens (tertiary/aromatic N) is 1. The third-order valence-corrected chi connectivity index (χ3v) is 1.71. The first-order valence-electron chi connectivity index (χ1n) is 4.41. The van der Waals surface area contributed by atoms with Crippen molar-refractivity contribution in [1.29, 1.82) is 0 Å². The van der Waals surface area contributed by atoms with Gasteiger partial charge in [-0.3, -0.25) is 0 Å². The minimum Gasteiger partial charge on any atom is -0.481 e. The minimum atomic E-state index is 0.425. The van der Waals surface area contributed by atoms with Crippen LogP contribution in [-0.2, 0) is 0 Å². The lowest BCUT2D eigenvalue weighted by Crippen LogP contribution is -2.11. The monoisotopic (exact) mass is 180 g/mol. The maximum Gasteiger partial charge on any atom is 0.213 e. The Morgan fingerprint density at radius 1 is 1.38 bits per heavy atom. The van der Waals surface area contributed by atoms with Crippen LogP contribution in [0.15, 0.2) is 12.1 Å². The fourth-order valence-corrected chi connectivity index (χ4v) is 1.12. The second-order valence-corrected chi connectivity index (χ2v) is 3.29. The number of anilines is 1. The van der Waals surface area contributed by atoms with Crippen LogP contribution in [0, 0.1) is 6.92 Å². The van der Waals surface area contributed by atoms with Gasteiger partial charge in [0.15, 0.2) is 0 Å². The Balaban J connectivity index is 2.85. The van der Waals surface area contributed by atoms with Crippen molar-refractivity contribution in [2.75, 3.05) is 12.4 Å². The second kappa shape index (κ2) is 4.12. The van der Waals surface area contributed by atoms with Crippen LogP contribution in [0.25, 0.3) is 0 Å². The topological polar surface area (TPSA) is 34.1 Å². The van der Waals surface area contributed by atoms with Crippen molar-refractivity contribution in [3.8, 4) is 5.88 Å². The molecular weight excluding hydrogens is 164 g/mol. The van der Waals surface area contributed by atoms with Crippen molar-refractivity contribution < 1.29 is 4.74 Å². The average Bonchev–Trinajstić information content (AvgIpc) is 2.08. The summed E-state index contributed by atoms with van der Waals surface area (Å²) < 4.78 is 5.02. The summed E-state index contributed by atoms with van der Waals surface area (Å²) in [5, 5.41) is 3.31. The van der Waals surface area contributed by atoms with E-state index in [0.717, 1.165) is 11.4 Å². The standard InChI is InChI=1S/C10H16N2O/c1-7(2)11-9-5-6-10(13-4)12-8(9)3/h5-7,11H,1-4H3. The van der Waals surface area contributed by atoms with Crippen molar-refractivity contribution in [2.45, 2.75) is 26.8 Å². The number of aromatic nitrogens is 1. The molecule has 0 spiro atoms. The van der Waals surface area contributed by atoms with E-state index in [4.69, 9.17) is 4.74 Å². The van der Waals surface area contributed by atoms with Crippen molar-refractivity contribution in [3.63, 3.8) is 0 Å². The Hall–Kier alpha value is -1.25. The molecule has 13 heavy (non-hydrogen) atoms. The van der Waals surface area contributed by atoms with Crippen molar-refractivity contribution >= 4 is 5.69 Å². The van der Waals surface area contributed by atoms with Gasteiger partial charge < -0.3 is 10.1 Å². The van der Waals surface area contributed by atoms with E-state index < -0.39 is 0 Å². The minimum absolute atomic E-state index is 0.425. The molecule has 3 heteroatoms. The van der Waals surface area contributed by atoms with Crippen LogP contribution in [0.2, 0.25) is 0 Å². The summed E-state index contributed by atoms with van der Waals surface area (Å²) in [6.07, 6.45) is 0. The summed E-state index contributed by atoms with van der Waals surface area (Å²) in [5.41, 5.74) is 2.03. The number of nitrogens with one attached hydrogen (secondary N) is 1. The predicted molar refractivity (Wildman–Crippen MR) is 54.3 cm³/mol. The van der Waals surface area contributed by atoms with E-state index in [9.17, 15) is 0 Å². The van der Waals surface area contributed by atoms with Gasteiger partial charge >= 0.3 is 0 Å². The zero-order chi connectivity index (χ0) is 9.84. The Labute approximate surface area is 79.1 Å². The molecule has 0 aliphatic heterocycles. The van der Waals surface area contributed by atoms with E-state index in [1.165, 1.54) is 0 Å². The highest BCUT2D eigenvalue weighted by Crippen LogP contribution is 2.17. The molecule has 0 aliphatic rings. The highest BCUT2D eigenvalue weighted by Gasteiger charge is 2.02. The van der Waals surface area contributed by atoms with E-state index in [0.29, 0.717) is 11.9 Å². The van der Waals surface area contributed by atoms with E-state index in [1.807, 2.05) is 19.1 Å². The molecule has 72 valence electrons. The van der Waals surface area contributed by atoms with Gasteiger partial charge in [-0.1, -0.05) is 0 Å². The molecule has 3 nitrogen and oxygen atoms in total. The number of hydrogen-bond donors (Lipinski definition) is 1. The average molecular weight is 180 g/mol. The number of methoxy groups -OCH3 is 1. The first-order chi connectivity index (χ1) is 6.13. The molecule has 0 fully saturated rings. The lowest BCUT2D eigenvalue weighted by Gasteiger charge is -2.12. The van der Waals surface area contributed by atoms with Crippen molar-refractivity contribution in [2.24, 2.45) is 0 Å². The van der Waals surface area contributed by atoms with E-state index in [2.05, 4.69) is 24.1 Å². The molecule has 0 saturated heterocycles. The first kappa shape index (κ1) is 9.84. The van der Waals surface area contributed by atoms with Crippen LogP contribution in [-0.4, -0.2) is 18.1 Å². The highest BCUT2D eigenvalue weighted by atomic mass is 16.5. The Morgan fingerprint density at radius 3 is 2.54 bits per heavy atom. The van der Waals surface area contributed by atoms with Gasteiger partial charge in [0.2, 0.25) is 5.88 Å². The summed E-state index contributed by atoms with van der Waals surface area (Å²) in [4.78, 5) is 4.26. The van der Waals surface area contributed by atoms with Gasteiger partial charge in [0.25, 0.3) is 0 Å². The third kappa shape index (κ3) is 2.61. The molecule has 0 unspecified atom stereocenters. The van der Waals surface area contributed by atoms with E-state index in [-0.39, 0.29) is 0 Å². The van der Waals surface area contributed by atoms with Crippen LogP contribution in [0.3, 0.4) is 0 Å². The molecule has 1 aromatic rings. The van der Waals surface area contributed by atoms with Gasteiger partial charge in [-0.05, 0) is 26.8 Å². The largest absolute Gasteiger partial charge is 0.481 e. The summed E-state index contributed by atoms with van der Waals surface area (Å²) in [7, 11) is 1.62. The number of rotatable bonds is 3. The summed E-state index contributed by atoms with van der Waals surface area (Å²) in [6.45, 7) is 6.17. The Kier molecular flexibility index (Phi) is 3.12. The van der Waals surface area contributed by atoms with Crippen LogP contribution in [0.4, 0.5) is 5.69 Å². The van der Waals surface area contributed by atoms with E-state index in [1.54, 1.807) is 7.11 Å². The highest BCUT2D eigenvalue weighted by molar-refractivity contribution is 5.49. The third-order valence-electron chi connectivity index (χ3n) is 1.71. The molecule has 0 saturated carbocycles. The Morgan fingerprint density at radius 2 is 2.08 bits per heavy atom. The molecule has 0 atom stereocenters. The second-order valence-electron chi connectivity index (χ2n) is 3.29. The molecule has 0 aliphatic carbocycles. The maximum atomic E-state index is 5.02. The Bertz CT molecular complexity index is 284. The lowest BCUT2D eigenvalue weighted by atomic mass is 10.3. The van der Waals surface area contributed by atoms with Gasteiger partial charge in [-0.25, -0.2) is 4.98 Å². The van der Waals surface area contributed by atoms with Gasteiger partial charge in [0, 0.05) is 12.1 Å². The maximum absolute atomic E-state index is 5.02.